The van der Waals surface area contributed by atoms with Gasteiger partial charge >= 0.3 is 0 Å². The van der Waals surface area contributed by atoms with Crippen molar-refractivity contribution in [3.63, 3.8) is 0 Å². The van der Waals surface area contributed by atoms with Crippen LogP contribution in [-0.4, -0.2) is 59.0 Å². The van der Waals surface area contributed by atoms with Crippen LogP contribution in [0.3, 0.4) is 0 Å². The number of hydrogen-bond acceptors (Lipinski definition) is 4. The summed E-state index contributed by atoms with van der Waals surface area (Å²) in [5.74, 6) is 1.82. The molecule has 1 aromatic heterocycles. The lowest BCUT2D eigenvalue weighted by atomic mass is 10.1. The molecular formula is C22H33N5O2S. The van der Waals surface area contributed by atoms with Gasteiger partial charge in [-0.15, -0.1) is 0 Å². The summed E-state index contributed by atoms with van der Waals surface area (Å²) in [5, 5.41) is 3.31. The number of benzene rings is 1. The second-order valence-electron chi connectivity index (χ2n) is 8.30. The summed E-state index contributed by atoms with van der Waals surface area (Å²) in [6, 6.07) is 10.5. The molecule has 164 valence electrons. The molecule has 0 atom stereocenters. The molecule has 0 aliphatic carbocycles. The smallest absolute Gasteiger partial charge is 0.194 e. The SMILES string of the molecule is CCNC(=NCc1nccn1CCCc1ccccc1)N1CCS(=O)(=O)C(C)(C)C1. The van der Waals surface area contributed by atoms with Crippen LogP contribution in [0.1, 0.15) is 38.6 Å². The molecule has 0 spiro atoms. The Morgan fingerprint density at radius 1 is 1.27 bits per heavy atom. The Hall–Kier alpha value is -2.35. The van der Waals surface area contributed by atoms with Gasteiger partial charge in [0.2, 0.25) is 0 Å². The first-order chi connectivity index (χ1) is 14.3. The van der Waals surface area contributed by atoms with Crippen LogP contribution < -0.4 is 5.32 Å². The van der Waals surface area contributed by atoms with E-state index in [9.17, 15) is 8.42 Å². The quantitative estimate of drug-likeness (QED) is 0.538. The summed E-state index contributed by atoms with van der Waals surface area (Å²) >= 11 is 0. The number of nitrogens with one attached hydrogen (secondary N) is 1. The van der Waals surface area contributed by atoms with Gasteiger partial charge in [-0.1, -0.05) is 30.3 Å². The van der Waals surface area contributed by atoms with Crippen molar-refractivity contribution in [1.29, 1.82) is 0 Å². The zero-order valence-electron chi connectivity index (χ0n) is 18.2. The number of aliphatic imine (C=N–C) groups is 1. The van der Waals surface area contributed by atoms with Crippen molar-refractivity contribution in [3.05, 3.63) is 54.1 Å². The van der Waals surface area contributed by atoms with Crippen molar-refractivity contribution in [2.24, 2.45) is 4.99 Å². The summed E-state index contributed by atoms with van der Waals surface area (Å²) in [6.07, 6.45) is 5.88. The minimum absolute atomic E-state index is 0.151. The van der Waals surface area contributed by atoms with E-state index in [1.54, 1.807) is 13.8 Å². The molecule has 0 bridgehead atoms. The maximum atomic E-state index is 12.3. The fourth-order valence-corrected chi connectivity index (χ4v) is 5.06. The van der Waals surface area contributed by atoms with Gasteiger partial charge < -0.3 is 14.8 Å². The van der Waals surface area contributed by atoms with Crippen LogP contribution in [0.15, 0.2) is 47.7 Å². The van der Waals surface area contributed by atoms with E-state index in [1.165, 1.54) is 5.56 Å². The molecule has 2 aromatic rings. The molecule has 0 saturated carbocycles. The van der Waals surface area contributed by atoms with Gasteiger partial charge in [0.05, 0.1) is 10.5 Å². The van der Waals surface area contributed by atoms with E-state index in [4.69, 9.17) is 4.99 Å². The first-order valence-corrected chi connectivity index (χ1v) is 12.3. The molecule has 0 unspecified atom stereocenters. The molecule has 0 radical (unpaired) electrons. The lowest BCUT2D eigenvalue weighted by molar-refractivity contribution is 0.353. The zero-order chi connectivity index (χ0) is 21.6. The Balaban J connectivity index is 1.64. The van der Waals surface area contributed by atoms with E-state index in [2.05, 4.69) is 39.1 Å². The van der Waals surface area contributed by atoms with Gasteiger partial charge in [0, 0.05) is 38.6 Å². The van der Waals surface area contributed by atoms with E-state index < -0.39 is 14.6 Å². The first-order valence-electron chi connectivity index (χ1n) is 10.6. The van der Waals surface area contributed by atoms with E-state index in [0.29, 0.717) is 19.6 Å². The van der Waals surface area contributed by atoms with Crippen LogP contribution in [0.2, 0.25) is 0 Å². The standard InChI is InChI=1S/C22H33N5O2S/c1-4-23-21(27-15-16-30(28,29)22(2,3)18-27)25-17-20-24-12-14-26(20)13-8-11-19-9-6-5-7-10-19/h5-7,9-10,12,14H,4,8,11,13,15-18H2,1-3H3,(H,23,25). The molecule has 3 rings (SSSR count). The monoisotopic (exact) mass is 431 g/mol. The molecule has 1 aliphatic heterocycles. The number of imidazole rings is 1. The number of rotatable bonds is 7. The molecule has 1 saturated heterocycles. The van der Waals surface area contributed by atoms with Gasteiger partial charge in [0.15, 0.2) is 15.8 Å². The van der Waals surface area contributed by atoms with Crippen LogP contribution in [0, 0.1) is 0 Å². The third-order valence-corrected chi connectivity index (χ3v) is 8.09. The van der Waals surface area contributed by atoms with E-state index >= 15 is 0 Å². The maximum Gasteiger partial charge on any atom is 0.194 e. The van der Waals surface area contributed by atoms with Crippen molar-refractivity contribution in [1.82, 2.24) is 19.8 Å². The van der Waals surface area contributed by atoms with Crippen LogP contribution >= 0.6 is 0 Å². The Morgan fingerprint density at radius 3 is 2.73 bits per heavy atom. The topological polar surface area (TPSA) is 79.6 Å². The fourth-order valence-electron chi connectivity index (χ4n) is 3.69. The Labute approximate surface area is 180 Å². The minimum Gasteiger partial charge on any atom is -0.357 e. The summed E-state index contributed by atoms with van der Waals surface area (Å²) in [4.78, 5) is 11.3. The maximum absolute atomic E-state index is 12.3. The van der Waals surface area contributed by atoms with Crippen molar-refractivity contribution in [2.45, 2.75) is 51.4 Å². The second kappa shape index (κ2) is 9.64. The first kappa shape index (κ1) is 22.3. The molecule has 7 nitrogen and oxygen atoms in total. The molecule has 1 aromatic carbocycles. The van der Waals surface area contributed by atoms with E-state index in [1.807, 2.05) is 30.3 Å². The normalized spacial score (nSPS) is 18.4. The van der Waals surface area contributed by atoms with Gasteiger partial charge in [0.1, 0.15) is 12.4 Å². The number of aryl methyl sites for hydroxylation is 2. The molecule has 30 heavy (non-hydrogen) atoms. The molecule has 1 N–H and O–H groups in total. The number of guanidine groups is 1. The van der Waals surface area contributed by atoms with Crippen molar-refractivity contribution in [2.75, 3.05) is 25.4 Å². The highest BCUT2D eigenvalue weighted by Gasteiger charge is 2.40. The highest BCUT2D eigenvalue weighted by atomic mass is 32.2. The van der Waals surface area contributed by atoms with Gasteiger partial charge in [-0.2, -0.15) is 0 Å². The van der Waals surface area contributed by atoms with Gasteiger partial charge in [-0.3, -0.25) is 0 Å². The van der Waals surface area contributed by atoms with E-state index in [-0.39, 0.29) is 5.75 Å². The lowest BCUT2D eigenvalue weighted by Gasteiger charge is -2.39. The predicted molar refractivity (Wildman–Crippen MR) is 121 cm³/mol. The highest BCUT2D eigenvalue weighted by Crippen LogP contribution is 2.23. The van der Waals surface area contributed by atoms with Crippen LogP contribution in [-0.2, 0) is 29.3 Å². The zero-order valence-corrected chi connectivity index (χ0v) is 19.0. The predicted octanol–water partition coefficient (Wildman–Crippen LogP) is 2.49. The summed E-state index contributed by atoms with van der Waals surface area (Å²) in [5.41, 5.74) is 1.34. The molecule has 1 fully saturated rings. The van der Waals surface area contributed by atoms with Crippen LogP contribution in [0.5, 0.6) is 0 Å². The third-order valence-electron chi connectivity index (χ3n) is 5.56. The number of hydrogen-bond donors (Lipinski definition) is 1. The largest absolute Gasteiger partial charge is 0.357 e. The van der Waals surface area contributed by atoms with Crippen molar-refractivity contribution in [3.8, 4) is 0 Å². The minimum atomic E-state index is -3.08. The van der Waals surface area contributed by atoms with Crippen molar-refractivity contribution >= 4 is 15.8 Å². The Kier molecular flexibility index (Phi) is 7.18. The molecular weight excluding hydrogens is 398 g/mol. The number of aromatic nitrogens is 2. The van der Waals surface area contributed by atoms with Crippen LogP contribution in [0.4, 0.5) is 0 Å². The van der Waals surface area contributed by atoms with E-state index in [0.717, 1.165) is 37.7 Å². The fraction of sp³-hybridized carbons (Fsp3) is 0.545. The Morgan fingerprint density at radius 2 is 2.03 bits per heavy atom. The number of sulfone groups is 1. The average Bonchev–Trinajstić information content (AvgIpc) is 3.15. The lowest BCUT2D eigenvalue weighted by Crippen LogP contribution is -2.57. The average molecular weight is 432 g/mol. The van der Waals surface area contributed by atoms with Gasteiger partial charge in [-0.05, 0) is 39.2 Å². The summed E-state index contributed by atoms with van der Waals surface area (Å²) in [7, 11) is -3.08. The number of nitrogens with zero attached hydrogens (tertiary/aromatic N) is 4. The molecule has 8 heteroatoms. The van der Waals surface area contributed by atoms with Gasteiger partial charge in [-0.25, -0.2) is 18.4 Å². The third kappa shape index (κ3) is 5.41. The highest BCUT2D eigenvalue weighted by molar-refractivity contribution is 7.92. The van der Waals surface area contributed by atoms with Gasteiger partial charge in [0.25, 0.3) is 0 Å². The second-order valence-corrected chi connectivity index (χ2v) is 11.0. The summed E-state index contributed by atoms with van der Waals surface area (Å²) < 4.78 is 26.0. The molecule has 2 heterocycles. The summed E-state index contributed by atoms with van der Waals surface area (Å²) in [6.45, 7) is 8.58. The molecule has 1 aliphatic rings. The Bertz CT molecular complexity index is 951. The molecule has 0 amide bonds. The van der Waals surface area contributed by atoms with Crippen LogP contribution in [0.25, 0.3) is 0 Å². The van der Waals surface area contributed by atoms with Crippen molar-refractivity contribution < 1.29 is 8.42 Å².